The zero-order valence-corrected chi connectivity index (χ0v) is 10.5. The summed E-state index contributed by atoms with van der Waals surface area (Å²) in [4.78, 5) is 0. The van der Waals surface area contributed by atoms with Gasteiger partial charge in [0, 0.05) is 11.1 Å². The fraction of sp³-hybridized carbons (Fsp3) is 0.375. The molecule has 1 fully saturated rings. The highest BCUT2D eigenvalue weighted by Gasteiger charge is 2.20. The fourth-order valence-corrected chi connectivity index (χ4v) is 3.21. The summed E-state index contributed by atoms with van der Waals surface area (Å²) < 4.78 is 13.8. The van der Waals surface area contributed by atoms with Crippen LogP contribution < -0.4 is 5.73 Å². The predicted molar refractivity (Wildman–Crippen MR) is 74.1 cm³/mol. The van der Waals surface area contributed by atoms with Gasteiger partial charge >= 0.3 is 0 Å². The SMILES string of the molecule is Nc1ccc2c(F)cccc2c1C1CCCCC1. The number of nitrogens with two attached hydrogens (primary N) is 1. The molecule has 2 aromatic carbocycles. The van der Waals surface area contributed by atoms with Crippen LogP contribution in [0.5, 0.6) is 0 Å². The third-order valence-corrected chi connectivity index (χ3v) is 4.10. The first-order valence-electron chi connectivity index (χ1n) is 6.74. The van der Waals surface area contributed by atoms with E-state index < -0.39 is 0 Å². The third kappa shape index (κ3) is 1.86. The molecule has 0 radical (unpaired) electrons. The molecule has 2 heteroatoms. The van der Waals surface area contributed by atoms with E-state index in [0.717, 1.165) is 11.1 Å². The van der Waals surface area contributed by atoms with E-state index in [1.165, 1.54) is 43.7 Å². The lowest BCUT2D eigenvalue weighted by molar-refractivity contribution is 0.446. The minimum Gasteiger partial charge on any atom is -0.398 e. The Bertz CT molecular complexity index is 571. The second-order valence-electron chi connectivity index (χ2n) is 5.24. The normalized spacial score (nSPS) is 17.2. The number of halogens is 1. The lowest BCUT2D eigenvalue weighted by Gasteiger charge is -2.25. The Morgan fingerprint density at radius 2 is 1.72 bits per heavy atom. The van der Waals surface area contributed by atoms with Gasteiger partial charge in [-0.05, 0) is 47.9 Å². The van der Waals surface area contributed by atoms with Crippen LogP contribution in [-0.4, -0.2) is 0 Å². The van der Waals surface area contributed by atoms with Gasteiger partial charge in [-0.25, -0.2) is 4.39 Å². The highest BCUT2D eigenvalue weighted by molar-refractivity contribution is 5.90. The van der Waals surface area contributed by atoms with Gasteiger partial charge in [0.15, 0.2) is 0 Å². The monoisotopic (exact) mass is 243 g/mol. The Morgan fingerprint density at radius 3 is 2.50 bits per heavy atom. The second-order valence-corrected chi connectivity index (χ2v) is 5.24. The minimum atomic E-state index is -0.149. The van der Waals surface area contributed by atoms with Crippen LogP contribution in [0, 0.1) is 5.82 Å². The zero-order chi connectivity index (χ0) is 12.5. The Hall–Kier alpha value is -1.57. The van der Waals surface area contributed by atoms with E-state index in [1.54, 1.807) is 12.1 Å². The van der Waals surface area contributed by atoms with Crippen LogP contribution in [0.25, 0.3) is 10.8 Å². The van der Waals surface area contributed by atoms with Crippen LogP contribution in [0.3, 0.4) is 0 Å². The molecule has 0 amide bonds. The van der Waals surface area contributed by atoms with Crippen LogP contribution in [0.1, 0.15) is 43.6 Å². The van der Waals surface area contributed by atoms with Crippen molar-refractivity contribution in [1.82, 2.24) is 0 Å². The van der Waals surface area contributed by atoms with Crippen molar-refractivity contribution in [3.8, 4) is 0 Å². The van der Waals surface area contributed by atoms with Crippen LogP contribution in [0.15, 0.2) is 30.3 Å². The largest absolute Gasteiger partial charge is 0.398 e. The smallest absolute Gasteiger partial charge is 0.131 e. The highest BCUT2D eigenvalue weighted by atomic mass is 19.1. The van der Waals surface area contributed by atoms with E-state index in [0.29, 0.717) is 11.3 Å². The van der Waals surface area contributed by atoms with E-state index in [-0.39, 0.29) is 5.82 Å². The molecule has 0 heterocycles. The molecule has 1 nitrogen and oxygen atoms in total. The lowest BCUT2D eigenvalue weighted by atomic mass is 9.81. The van der Waals surface area contributed by atoms with Crippen molar-refractivity contribution in [3.63, 3.8) is 0 Å². The van der Waals surface area contributed by atoms with Gasteiger partial charge in [0.1, 0.15) is 5.82 Å². The van der Waals surface area contributed by atoms with Crippen LogP contribution in [0.2, 0.25) is 0 Å². The molecule has 0 atom stereocenters. The quantitative estimate of drug-likeness (QED) is 0.727. The van der Waals surface area contributed by atoms with Crippen molar-refractivity contribution in [1.29, 1.82) is 0 Å². The van der Waals surface area contributed by atoms with Gasteiger partial charge in [-0.15, -0.1) is 0 Å². The van der Waals surface area contributed by atoms with Crippen LogP contribution >= 0.6 is 0 Å². The first-order valence-corrected chi connectivity index (χ1v) is 6.74. The van der Waals surface area contributed by atoms with E-state index in [2.05, 4.69) is 0 Å². The summed E-state index contributed by atoms with van der Waals surface area (Å²) in [7, 11) is 0. The summed E-state index contributed by atoms with van der Waals surface area (Å²) >= 11 is 0. The topological polar surface area (TPSA) is 26.0 Å². The van der Waals surface area contributed by atoms with Crippen LogP contribution in [-0.2, 0) is 0 Å². The lowest BCUT2D eigenvalue weighted by Crippen LogP contribution is -2.08. The molecule has 1 saturated carbocycles. The van der Waals surface area contributed by atoms with Crippen molar-refractivity contribution >= 4 is 16.5 Å². The molecule has 0 saturated heterocycles. The molecule has 1 aliphatic rings. The van der Waals surface area contributed by atoms with Crippen molar-refractivity contribution in [2.75, 3.05) is 5.73 Å². The third-order valence-electron chi connectivity index (χ3n) is 4.10. The highest BCUT2D eigenvalue weighted by Crippen LogP contribution is 2.39. The summed E-state index contributed by atoms with van der Waals surface area (Å²) in [5.74, 6) is 0.355. The molecule has 0 spiro atoms. The standard InChI is InChI=1S/C16H18FN/c17-14-8-4-7-13-12(14)9-10-15(18)16(13)11-5-2-1-3-6-11/h4,7-11H,1-3,5-6,18H2. The maximum atomic E-state index is 13.8. The summed E-state index contributed by atoms with van der Waals surface area (Å²) in [5, 5.41) is 1.70. The molecule has 0 aromatic heterocycles. The Morgan fingerprint density at radius 1 is 0.944 bits per heavy atom. The van der Waals surface area contributed by atoms with Gasteiger partial charge in [-0.3, -0.25) is 0 Å². The molecule has 1 aliphatic carbocycles. The number of rotatable bonds is 1. The minimum absolute atomic E-state index is 0.149. The number of fused-ring (bicyclic) bond motifs is 1. The van der Waals surface area contributed by atoms with Gasteiger partial charge in [0.05, 0.1) is 0 Å². The zero-order valence-electron chi connectivity index (χ0n) is 10.5. The van der Waals surface area contributed by atoms with E-state index >= 15 is 0 Å². The van der Waals surface area contributed by atoms with Gasteiger partial charge in [0.2, 0.25) is 0 Å². The second kappa shape index (κ2) is 4.60. The van der Waals surface area contributed by atoms with E-state index in [1.807, 2.05) is 12.1 Å². The summed E-state index contributed by atoms with van der Waals surface area (Å²) in [6.45, 7) is 0. The summed E-state index contributed by atoms with van der Waals surface area (Å²) in [6, 6.07) is 8.95. The summed E-state index contributed by atoms with van der Waals surface area (Å²) in [6.07, 6.45) is 6.20. The molecule has 0 aliphatic heterocycles. The van der Waals surface area contributed by atoms with Crippen LogP contribution in [0.4, 0.5) is 10.1 Å². The van der Waals surface area contributed by atoms with Gasteiger partial charge in [-0.2, -0.15) is 0 Å². The number of hydrogen-bond donors (Lipinski definition) is 1. The van der Waals surface area contributed by atoms with Crippen molar-refractivity contribution in [3.05, 3.63) is 41.7 Å². The number of hydrogen-bond acceptors (Lipinski definition) is 1. The Labute approximate surface area is 107 Å². The Kier molecular flexibility index (Phi) is 2.94. The average molecular weight is 243 g/mol. The molecule has 0 unspecified atom stereocenters. The molecular weight excluding hydrogens is 225 g/mol. The number of anilines is 1. The van der Waals surface area contributed by atoms with Gasteiger partial charge in [0.25, 0.3) is 0 Å². The van der Waals surface area contributed by atoms with E-state index in [4.69, 9.17) is 5.73 Å². The average Bonchev–Trinajstić information content (AvgIpc) is 2.40. The molecule has 2 aromatic rings. The number of benzene rings is 2. The maximum absolute atomic E-state index is 13.8. The first-order chi connectivity index (χ1) is 8.77. The van der Waals surface area contributed by atoms with Crippen molar-refractivity contribution < 1.29 is 4.39 Å². The molecule has 18 heavy (non-hydrogen) atoms. The van der Waals surface area contributed by atoms with Gasteiger partial charge < -0.3 is 5.73 Å². The van der Waals surface area contributed by atoms with Gasteiger partial charge in [-0.1, -0.05) is 31.4 Å². The van der Waals surface area contributed by atoms with Crippen molar-refractivity contribution in [2.45, 2.75) is 38.0 Å². The molecule has 2 N–H and O–H groups in total. The molecular formula is C16H18FN. The van der Waals surface area contributed by atoms with E-state index in [9.17, 15) is 4.39 Å². The number of nitrogen functional groups attached to an aromatic ring is 1. The van der Waals surface area contributed by atoms with Crippen molar-refractivity contribution in [2.24, 2.45) is 0 Å². The summed E-state index contributed by atoms with van der Waals surface area (Å²) in [5.41, 5.74) is 8.14. The predicted octanol–water partition coefficient (Wildman–Crippen LogP) is 4.61. The fourth-order valence-electron chi connectivity index (χ4n) is 3.21. The molecule has 3 rings (SSSR count). The molecule has 0 bridgehead atoms. The maximum Gasteiger partial charge on any atom is 0.131 e. The molecule has 94 valence electrons. The first kappa shape index (κ1) is 11.5. The Balaban J connectivity index is 2.19.